The van der Waals surface area contributed by atoms with E-state index >= 15 is 0 Å². The molecular weight excluding hydrogens is 368 g/mol. The highest BCUT2D eigenvalue weighted by Gasteiger charge is 2.20. The molecule has 2 aromatic rings. The number of ether oxygens (including phenoxy) is 4. The smallest absolute Gasteiger partial charge is 0.330 e. The quantitative estimate of drug-likeness (QED) is 0.302. The normalized spacial score (nSPS) is 13.9. The first-order valence-electron chi connectivity index (χ1n) is 10.1. The lowest BCUT2D eigenvalue weighted by Crippen LogP contribution is -2.03. The Morgan fingerprint density at radius 1 is 1.00 bits per heavy atom. The average molecular weight is 396 g/mol. The second kappa shape index (κ2) is 11.4. The Balaban J connectivity index is 1.54. The third-order valence-corrected chi connectivity index (χ3v) is 4.69. The van der Waals surface area contributed by atoms with Gasteiger partial charge in [0.2, 0.25) is 0 Å². The lowest BCUT2D eigenvalue weighted by molar-refractivity contribution is -0.137. The van der Waals surface area contributed by atoms with Gasteiger partial charge in [-0.05, 0) is 37.3 Å². The molecule has 0 unspecified atom stereocenters. The number of hydrogen-bond donors (Lipinski definition) is 0. The average Bonchev–Trinajstić information content (AvgIpc) is 3.31. The Morgan fingerprint density at radius 2 is 1.72 bits per heavy atom. The fourth-order valence-electron chi connectivity index (χ4n) is 3.18. The van der Waals surface area contributed by atoms with Crippen molar-refractivity contribution in [1.82, 2.24) is 0 Å². The molecule has 3 rings (SSSR count). The molecule has 0 bridgehead atoms. The monoisotopic (exact) mass is 396 g/mol. The Bertz CT molecular complexity index is 781. The minimum atomic E-state index is -0.364. The van der Waals surface area contributed by atoms with E-state index < -0.39 is 0 Å². The van der Waals surface area contributed by atoms with Crippen LogP contribution in [0.3, 0.4) is 0 Å². The van der Waals surface area contributed by atoms with Crippen molar-refractivity contribution in [1.29, 1.82) is 0 Å². The summed E-state index contributed by atoms with van der Waals surface area (Å²) in [7, 11) is 0. The van der Waals surface area contributed by atoms with Gasteiger partial charge in [-0.15, -0.1) is 0 Å². The van der Waals surface area contributed by atoms with E-state index in [0.717, 1.165) is 48.1 Å². The van der Waals surface area contributed by atoms with Crippen molar-refractivity contribution in [2.24, 2.45) is 0 Å². The number of hydrogen-bond acceptors (Lipinski definition) is 5. The second-order valence-electron chi connectivity index (χ2n) is 6.83. The van der Waals surface area contributed by atoms with E-state index in [4.69, 9.17) is 18.9 Å². The van der Waals surface area contributed by atoms with Crippen LogP contribution in [0.15, 0.2) is 61.2 Å². The van der Waals surface area contributed by atoms with Gasteiger partial charge in [0.05, 0.1) is 26.4 Å². The molecule has 1 saturated heterocycles. The minimum Gasteiger partial charge on any atom is -0.493 e. The summed E-state index contributed by atoms with van der Waals surface area (Å²) >= 11 is 0. The van der Waals surface area contributed by atoms with Crippen LogP contribution in [0, 0.1) is 0 Å². The van der Waals surface area contributed by atoms with E-state index in [1.165, 1.54) is 6.08 Å². The van der Waals surface area contributed by atoms with Crippen LogP contribution in [0.2, 0.25) is 0 Å². The van der Waals surface area contributed by atoms with Gasteiger partial charge in [0, 0.05) is 17.2 Å². The number of carbonyl (C=O) groups excluding carboxylic acids is 1. The van der Waals surface area contributed by atoms with Gasteiger partial charge in [0.15, 0.2) is 6.29 Å². The second-order valence-corrected chi connectivity index (χ2v) is 6.83. The highest BCUT2D eigenvalue weighted by molar-refractivity contribution is 5.81. The fourth-order valence-corrected chi connectivity index (χ4v) is 3.18. The molecule has 0 radical (unpaired) electrons. The first-order chi connectivity index (χ1) is 14.3. The summed E-state index contributed by atoms with van der Waals surface area (Å²) < 4.78 is 22.4. The van der Waals surface area contributed by atoms with Gasteiger partial charge in [0.25, 0.3) is 0 Å². The Hall–Kier alpha value is -2.63. The predicted octanol–water partition coefficient (Wildman–Crippen LogP) is 5.07. The first-order valence-corrected chi connectivity index (χ1v) is 10.1. The zero-order valence-corrected chi connectivity index (χ0v) is 16.7. The van der Waals surface area contributed by atoms with Crippen molar-refractivity contribution in [2.45, 2.75) is 32.0 Å². The molecule has 0 atom stereocenters. The predicted molar refractivity (Wildman–Crippen MR) is 112 cm³/mol. The molecule has 1 aliphatic heterocycles. The Morgan fingerprint density at radius 3 is 2.45 bits per heavy atom. The molecular formula is C24H28O5. The largest absolute Gasteiger partial charge is 0.493 e. The van der Waals surface area contributed by atoms with Crippen LogP contribution in [0.4, 0.5) is 0 Å². The number of esters is 1. The number of benzene rings is 2. The molecule has 29 heavy (non-hydrogen) atoms. The molecule has 2 aromatic carbocycles. The summed E-state index contributed by atoms with van der Waals surface area (Å²) in [6.07, 6.45) is 4.66. The molecule has 5 nitrogen and oxygen atoms in total. The molecule has 0 saturated carbocycles. The van der Waals surface area contributed by atoms with Gasteiger partial charge < -0.3 is 18.9 Å². The zero-order valence-electron chi connectivity index (χ0n) is 16.7. The molecule has 0 N–H and O–H groups in total. The summed E-state index contributed by atoms with van der Waals surface area (Å²) in [6, 6.07) is 16.3. The Labute approximate surface area is 172 Å². The molecule has 0 aliphatic carbocycles. The van der Waals surface area contributed by atoms with E-state index in [9.17, 15) is 4.79 Å². The van der Waals surface area contributed by atoms with Crippen molar-refractivity contribution >= 4 is 5.97 Å². The van der Waals surface area contributed by atoms with Crippen LogP contribution in [0.1, 0.15) is 37.5 Å². The van der Waals surface area contributed by atoms with Gasteiger partial charge in [-0.1, -0.05) is 49.0 Å². The van der Waals surface area contributed by atoms with Crippen LogP contribution >= 0.6 is 0 Å². The van der Waals surface area contributed by atoms with Crippen molar-refractivity contribution < 1.29 is 23.7 Å². The van der Waals surface area contributed by atoms with Crippen molar-refractivity contribution in [3.8, 4) is 16.9 Å². The molecule has 154 valence electrons. The maximum atomic E-state index is 11.0. The molecule has 1 aliphatic rings. The standard InChI is InChI=1S/C24H28O5/c1-2-23(25)27-15-9-4-3-8-14-26-22-18-20(24-28-16-17-29-24)12-13-21(22)19-10-6-5-7-11-19/h2,5-7,10-13,18,24H,1,3-4,8-9,14-17H2. The number of carbonyl (C=O) groups is 1. The van der Waals surface area contributed by atoms with Gasteiger partial charge in [-0.2, -0.15) is 0 Å². The maximum absolute atomic E-state index is 11.0. The molecule has 5 heteroatoms. The van der Waals surface area contributed by atoms with Crippen molar-refractivity contribution in [2.75, 3.05) is 26.4 Å². The van der Waals surface area contributed by atoms with Gasteiger partial charge >= 0.3 is 5.97 Å². The van der Waals surface area contributed by atoms with Crippen molar-refractivity contribution in [3.05, 3.63) is 66.7 Å². The first kappa shape index (κ1) is 21.1. The van der Waals surface area contributed by atoms with Crippen LogP contribution in [0.25, 0.3) is 11.1 Å². The number of unbranched alkanes of at least 4 members (excludes halogenated alkanes) is 3. The Kier molecular flexibility index (Phi) is 8.28. The third-order valence-electron chi connectivity index (χ3n) is 4.69. The van der Waals surface area contributed by atoms with Crippen LogP contribution in [-0.4, -0.2) is 32.4 Å². The van der Waals surface area contributed by atoms with Gasteiger partial charge in [-0.3, -0.25) is 0 Å². The lowest BCUT2D eigenvalue weighted by Gasteiger charge is -2.16. The molecule has 1 heterocycles. The van der Waals surface area contributed by atoms with E-state index in [1.807, 2.05) is 30.3 Å². The summed E-state index contributed by atoms with van der Waals surface area (Å²) in [4.78, 5) is 11.0. The number of rotatable bonds is 11. The summed E-state index contributed by atoms with van der Waals surface area (Å²) in [6.45, 7) is 5.68. The van der Waals surface area contributed by atoms with E-state index in [1.54, 1.807) is 0 Å². The molecule has 0 amide bonds. The molecule has 1 fully saturated rings. The van der Waals surface area contributed by atoms with Crippen molar-refractivity contribution in [3.63, 3.8) is 0 Å². The van der Waals surface area contributed by atoms with E-state index in [0.29, 0.717) is 26.4 Å². The van der Waals surface area contributed by atoms with E-state index in [2.05, 4.69) is 24.8 Å². The SMILES string of the molecule is C=CC(=O)OCCCCCCOc1cc(C2OCCO2)ccc1-c1ccccc1. The lowest BCUT2D eigenvalue weighted by atomic mass is 10.0. The van der Waals surface area contributed by atoms with Crippen LogP contribution in [-0.2, 0) is 19.0 Å². The van der Waals surface area contributed by atoms with Gasteiger partial charge in [0.1, 0.15) is 5.75 Å². The highest BCUT2D eigenvalue weighted by atomic mass is 16.7. The summed E-state index contributed by atoms with van der Waals surface area (Å²) in [5.41, 5.74) is 3.15. The van der Waals surface area contributed by atoms with E-state index in [-0.39, 0.29) is 12.3 Å². The zero-order chi connectivity index (χ0) is 20.3. The van der Waals surface area contributed by atoms with Crippen LogP contribution in [0.5, 0.6) is 5.75 Å². The molecule has 0 spiro atoms. The topological polar surface area (TPSA) is 54.0 Å². The minimum absolute atomic E-state index is 0.319. The van der Waals surface area contributed by atoms with Crippen LogP contribution < -0.4 is 4.74 Å². The molecule has 0 aromatic heterocycles. The highest BCUT2D eigenvalue weighted by Crippen LogP contribution is 2.34. The maximum Gasteiger partial charge on any atom is 0.330 e. The fraction of sp³-hybridized carbons (Fsp3) is 0.375. The summed E-state index contributed by atoms with van der Waals surface area (Å²) in [5.74, 6) is 0.476. The van der Waals surface area contributed by atoms with Gasteiger partial charge in [-0.25, -0.2) is 4.79 Å². The third kappa shape index (κ3) is 6.44. The summed E-state index contributed by atoms with van der Waals surface area (Å²) in [5, 5.41) is 0.